The van der Waals surface area contributed by atoms with Crippen LogP contribution in [0.3, 0.4) is 0 Å². The van der Waals surface area contributed by atoms with Gasteiger partial charge >= 0.3 is 0 Å². The number of para-hydroxylation sites is 2. The highest BCUT2D eigenvalue weighted by Crippen LogP contribution is 2.31. The van der Waals surface area contributed by atoms with Crippen molar-refractivity contribution in [2.24, 2.45) is 0 Å². The lowest BCUT2D eigenvalue weighted by Gasteiger charge is -2.16. The maximum Gasteiger partial charge on any atom is 0.119 e. The number of nitrogens with zero attached hydrogens (tertiary/aromatic N) is 2. The van der Waals surface area contributed by atoms with Gasteiger partial charge in [-0.25, -0.2) is 4.98 Å². The molecule has 0 saturated heterocycles. The van der Waals surface area contributed by atoms with Crippen molar-refractivity contribution in [3.63, 3.8) is 0 Å². The van der Waals surface area contributed by atoms with E-state index in [-0.39, 0.29) is 5.92 Å². The fourth-order valence-electron chi connectivity index (χ4n) is 4.90. The smallest absolute Gasteiger partial charge is 0.119 e. The molecule has 0 radical (unpaired) electrons. The maximum atomic E-state index is 5.39. The van der Waals surface area contributed by atoms with E-state index in [1.807, 2.05) is 6.07 Å². The zero-order chi connectivity index (χ0) is 23.1. The first-order chi connectivity index (χ1) is 16.7. The molecule has 0 bridgehead atoms. The zero-order valence-corrected chi connectivity index (χ0v) is 19.4. The number of benzene rings is 5. The van der Waals surface area contributed by atoms with Crippen molar-refractivity contribution in [3.8, 4) is 5.75 Å². The van der Waals surface area contributed by atoms with Crippen LogP contribution in [-0.4, -0.2) is 16.7 Å². The minimum Gasteiger partial charge on any atom is -0.497 e. The highest BCUT2D eigenvalue weighted by Gasteiger charge is 2.19. The van der Waals surface area contributed by atoms with E-state index in [1.165, 1.54) is 38.2 Å². The summed E-state index contributed by atoms with van der Waals surface area (Å²) in [7, 11) is 1.71. The van der Waals surface area contributed by atoms with E-state index in [0.717, 1.165) is 23.6 Å². The van der Waals surface area contributed by atoms with Crippen LogP contribution in [0, 0.1) is 0 Å². The Bertz CT molecular complexity index is 1650. The molecular formula is C31H26N2O. The van der Waals surface area contributed by atoms with Gasteiger partial charge in [-0.3, -0.25) is 0 Å². The third-order valence-corrected chi connectivity index (χ3v) is 6.80. The first kappa shape index (κ1) is 20.5. The third-order valence-electron chi connectivity index (χ3n) is 6.80. The molecule has 34 heavy (non-hydrogen) atoms. The number of aromatic nitrogens is 2. The van der Waals surface area contributed by atoms with Crippen LogP contribution < -0.4 is 4.74 Å². The molecule has 3 heteroatoms. The second kappa shape index (κ2) is 8.35. The Morgan fingerprint density at radius 1 is 0.735 bits per heavy atom. The van der Waals surface area contributed by atoms with Crippen LogP contribution in [0.15, 0.2) is 103 Å². The molecule has 0 amide bonds. The summed E-state index contributed by atoms with van der Waals surface area (Å²) in [5.41, 5.74) is 4.74. The van der Waals surface area contributed by atoms with Crippen LogP contribution in [0.25, 0.3) is 32.6 Å². The van der Waals surface area contributed by atoms with Gasteiger partial charge in [0.25, 0.3) is 0 Å². The molecule has 0 aliphatic heterocycles. The first-order valence-electron chi connectivity index (χ1n) is 11.7. The predicted octanol–water partition coefficient (Wildman–Crippen LogP) is 7.55. The Kier molecular flexibility index (Phi) is 5.03. The summed E-state index contributed by atoms with van der Waals surface area (Å²) in [5.74, 6) is 2.12. The summed E-state index contributed by atoms with van der Waals surface area (Å²) in [6, 6.07) is 36.6. The summed E-state index contributed by atoms with van der Waals surface area (Å²) in [6.07, 6.45) is 0. The molecule has 6 aromatic rings. The Hall–Kier alpha value is -4.11. The number of hydrogen-bond donors (Lipinski definition) is 0. The molecule has 1 atom stereocenters. The van der Waals surface area contributed by atoms with Crippen molar-refractivity contribution in [1.82, 2.24) is 9.55 Å². The molecule has 0 saturated carbocycles. The van der Waals surface area contributed by atoms with Gasteiger partial charge in [-0.2, -0.15) is 0 Å². The van der Waals surface area contributed by atoms with Crippen LogP contribution in [0.5, 0.6) is 5.75 Å². The van der Waals surface area contributed by atoms with Gasteiger partial charge in [0.05, 0.1) is 18.1 Å². The topological polar surface area (TPSA) is 27.1 Å². The lowest BCUT2D eigenvalue weighted by molar-refractivity contribution is 0.415. The van der Waals surface area contributed by atoms with Crippen LogP contribution in [0.1, 0.15) is 29.8 Å². The van der Waals surface area contributed by atoms with Gasteiger partial charge in [0.1, 0.15) is 11.6 Å². The molecule has 1 heterocycles. The molecule has 0 fully saturated rings. The van der Waals surface area contributed by atoms with Crippen molar-refractivity contribution in [2.75, 3.05) is 7.11 Å². The van der Waals surface area contributed by atoms with E-state index in [2.05, 4.69) is 109 Å². The Labute approximate surface area is 199 Å². The molecule has 6 rings (SSSR count). The summed E-state index contributed by atoms with van der Waals surface area (Å²) < 4.78 is 7.77. The van der Waals surface area contributed by atoms with Crippen molar-refractivity contribution in [2.45, 2.75) is 19.4 Å². The van der Waals surface area contributed by atoms with E-state index < -0.39 is 0 Å². The highest BCUT2D eigenvalue weighted by atomic mass is 16.5. The molecule has 0 aliphatic rings. The molecule has 1 aromatic heterocycles. The third kappa shape index (κ3) is 3.60. The fraction of sp³-hybridized carbons (Fsp3) is 0.129. The van der Waals surface area contributed by atoms with Crippen molar-refractivity contribution >= 4 is 32.6 Å². The van der Waals surface area contributed by atoms with Gasteiger partial charge in [0, 0.05) is 12.5 Å². The maximum absolute atomic E-state index is 5.39. The number of fused-ring (bicyclic) bond motifs is 3. The van der Waals surface area contributed by atoms with Gasteiger partial charge in [0.2, 0.25) is 0 Å². The van der Waals surface area contributed by atoms with E-state index >= 15 is 0 Å². The van der Waals surface area contributed by atoms with Gasteiger partial charge in [-0.15, -0.1) is 0 Å². The number of ether oxygens (including phenoxy) is 1. The van der Waals surface area contributed by atoms with Crippen LogP contribution >= 0.6 is 0 Å². The molecule has 1 unspecified atom stereocenters. The first-order valence-corrected chi connectivity index (χ1v) is 11.7. The molecule has 166 valence electrons. The zero-order valence-electron chi connectivity index (χ0n) is 19.4. The van der Waals surface area contributed by atoms with Crippen molar-refractivity contribution in [1.29, 1.82) is 0 Å². The van der Waals surface area contributed by atoms with Crippen molar-refractivity contribution < 1.29 is 4.74 Å². The minimum atomic E-state index is 0.152. The number of rotatable bonds is 5. The number of imidazole rings is 1. The summed E-state index contributed by atoms with van der Waals surface area (Å²) in [5, 5.41) is 4.93. The van der Waals surface area contributed by atoms with E-state index in [0.29, 0.717) is 0 Å². The van der Waals surface area contributed by atoms with Crippen LogP contribution in [-0.2, 0) is 6.54 Å². The van der Waals surface area contributed by atoms with Gasteiger partial charge in [-0.05, 0) is 63.0 Å². The lowest BCUT2D eigenvalue weighted by Crippen LogP contribution is -2.09. The molecule has 0 aliphatic carbocycles. The Morgan fingerprint density at radius 2 is 1.44 bits per heavy atom. The van der Waals surface area contributed by atoms with E-state index in [4.69, 9.17) is 9.72 Å². The molecular weight excluding hydrogens is 416 g/mol. The Morgan fingerprint density at radius 3 is 2.32 bits per heavy atom. The molecule has 0 spiro atoms. The normalized spacial score (nSPS) is 12.4. The molecule has 0 N–H and O–H groups in total. The van der Waals surface area contributed by atoms with E-state index in [9.17, 15) is 0 Å². The quantitative estimate of drug-likeness (QED) is 0.276. The fourth-order valence-corrected chi connectivity index (χ4v) is 4.90. The summed E-state index contributed by atoms with van der Waals surface area (Å²) in [4.78, 5) is 5.10. The SMILES string of the molecule is COc1ccc2cc(C(C)c3nc4ccccc4n3Cc3ccc4ccccc4c3)ccc2c1. The minimum absolute atomic E-state index is 0.152. The van der Waals surface area contributed by atoms with E-state index in [1.54, 1.807) is 7.11 Å². The average molecular weight is 443 g/mol. The lowest BCUT2D eigenvalue weighted by atomic mass is 9.97. The Balaban J connectivity index is 1.43. The van der Waals surface area contributed by atoms with Crippen LogP contribution in [0.4, 0.5) is 0 Å². The largest absolute Gasteiger partial charge is 0.497 e. The van der Waals surface area contributed by atoms with Gasteiger partial charge < -0.3 is 9.30 Å². The van der Waals surface area contributed by atoms with Crippen molar-refractivity contribution in [3.05, 3.63) is 120 Å². The highest BCUT2D eigenvalue weighted by molar-refractivity contribution is 5.85. The summed E-state index contributed by atoms with van der Waals surface area (Å²) >= 11 is 0. The van der Waals surface area contributed by atoms with Crippen LogP contribution in [0.2, 0.25) is 0 Å². The molecule has 3 nitrogen and oxygen atoms in total. The summed E-state index contributed by atoms with van der Waals surface area (Å²) in [6.45, 7) is 3.04. The monoisotopic (exact) mass is 442 g/mol. The number of methoxy groups -OCH3 is 1. The van der Waals surface area contributed by atoms with Gasteiger partial charge in [0.15, 0.2) is 0 Å². The average Bonchev–Trinajstić information content (AvgIpc) is 3.25. The standard InChI is InChI=1S/C31H26N2O/c1-21(24-13-14-27-19-28(34-2)16-15-26(27)18-24)31-32-29-9-5-6-10-30(29)33(31)20-22-11-12-23-7-3-4-8-25(23)17-22/h3-19,21H,20H2,1-2H3. The number of hydrogen-bond acceptors (Lipinski definition) is 2. The second-order valence-corrected chi connectivity index (χ2v) is 8.92. The van der Waals surface area contributed by atoms with Gasteiger partial charge in [-0.1, -0.05) is 79.7 Å². The molecule has 5 aromatic carbocycles. The predicted molar refractivity (Wildman–Crippen MR) is 141 cm³/mol. The second-order valence-electron chi connectivity index (χ2n) is 8.92.